The summed E-state index contributed by atoms with van der Waals surface area (Å²) in [5, 5.41) is 21.6. The molecule has 0 fully saturated rings. The number of benzene rings is 2. The van der Waals surface area contributed by atoms with Crippen LogP contribution in [0.5, 0.6) is 23.0 Å². The molecule has 0 unspecified atom stereocenters. The lowest BCUT2D eigenvalue weighted by Crippen LogP contribution is -2.29. The Bertz CT molecular complexity index is 1060. The molecule has 0 radical (unpaired) electrons. The first kappa shape index (κ1) is 25.7. The third-order valence-electron chi connectivity index (χ3n) is 5.10. The normalized spacial score (nSPS) is 13.8. The summed E-state index contributed by atoms with van der Waals surface area (Å²) in [6.45, 7) is 2.24. The smallest absolute Gasteiger partial charge is 0.412 e. The SMILES string of the molecule is CCO[C@H](CC/C=C/C(=O)NO)[C@H](OC(=O)Nc1ccc2c(c1)OCO2)c1ccc(OC)c(O)c1. The molecule has 3 rings (SSSR count). The third-order valence-corrected chi connectivity index (χ3v) is 5.10. The van der Waals surface area contributed by atoms with Crippen LogP contribution in [-0.2, 0) is 14.3 Å². The minimum absolute atomic E-state index is 0.108. The molecule has 0 saturated carbocycles. The number of methoxy groups -OCH3 is 1. The molecule has 2 amide bonds. The number of hydrogen-bond donors (Lipinski definition) is 4. The van der Waals surface area contributed by atoms with Crippen LogP contribution in [0, 0.1) is 0 Å². The van der Waals surface area contributed by atoms with E-state index in [4.69, 9.17) is 28.9 Å². The zero-order chi connectivity index (χ0) is 25.2. The number of rotatable bonds is 11. The fourth-order valence-corrected chi connectivity index (χ4v) is 3.50. The monoisotopic (exact) mass is 488 g/mol. The Morgan fingerprint density at radius 2 is 1.97 bits per heavy atom. The number of carbonyl (C=O) groups excluding carboxylic acids is 2. The van der Waals surface area contributed by atoms with E-state index in [0.29, 0.717) is 42.2 Å². The second kappa shape index (κ2) is 12.5. The maximum Gasteiger partial charge on any atom is 0.412 e. The molecule has 0 saturated heterocycles. The first-order valence-corrected chi connectivity index (χ1v) is 10.9. The maximum absolute atomic E-state index is 12.8. The summed E-state index contributed by atoms with van der Waals surface area (Å²) in [5.41, 5.74) is 2.45. The minimum atomic E-state index is -0.902. The first-order chi connectivity index (χ1) is 16.9. The van der Waals surface area contributed by atoms with Gasteiger partial charge in [-0.1, -0.05) is 12.1 Å². The van der Waals surface area contributed by atoms with Gasteiger partial charge in [-0.05, 0) is 49.6 Å². The molecule has 11 nitrogen and oxygen atoms in total. The predicted molar refractivity (Wildman–Crippen MR) is 124 cm³/mol. The van der Waals surface area contributed by atoms with E-state index in [9.17, 15) is 14.7 Å². The fourth-order valence-electron chi connectivity index (χ4n) is 3.50. The lowest BCUT2D eigenvalue weighted by atomic mass is 9.99. The van der Waals surface area contributed by atoms with Gasteiger partial charge in [0.15, 0.2) is 29.1 Å². The highest BCUT2D eigenvalue weighted by Gasteiger charge is 2.28. The van der Waals surface area contributed by atoms with E-state index < -0.39 is 24.2 Å². The van der Waals surface area contributed by atoms with Gasteiger partial charge in [0, 0.05) is 24.4 Å². The average Bonchev–Trinajstić information content (AvgIpc) is 3.32. The van der Waals surface area contributed by atoms with Crippen LogP contribution in [-0.4, -0.2) is 48.9 Å². The summed E-state index contributed by atoms with van der Waals surface area (Å²) >= 11 is 0. The number of hydrogen-bond acceptors (Lipinski definition) is 9. The summed E-state index contributed by atoms with van der Waals surface area (Å²) in [5.74, 6) is 0.571. The van der Waals surface area contributed by atoms with Gasteiger partial charge in [-0.15, -0.1) is 0 Å². The fraction of sp³-hybridized carbons (Fsp3) is 0.333. The van der Waals surface area contributed by atoms with Gasteiger partial charge in [-0.2, -0.15) is 0 Å². The molecular weight excluding hydrogens is 460 g/mol. The molecule has 0 bridgehead atoms. The van der Waals surface area contributed by atoms with Crippen molar-refractivity contribution < 1.29 is 43.6 Å². The van der Waals surface area contributed by atoms with Gasteiger partial charge in [0.2, 0.25) is 6.79 Å². The molecule has 0 spiro atoms. The van der Waals surface area contributed by atoms with Gasteiger partial charge in [0.05, 0.1) is 13.2 Å². The highest BCUT2D eigenvalue weighted by molar-refractivity contribution is 5.86. The molecule has 2 aromatic rings. The second-order valence-electron chi connectivity index (χ2n) is 7.40. The van der Waals surface area contributed by atoms with Crippen LogP contribution in [0.1, 0.15) is 31.4 Å². The standard InChI is InChI=1S/C24H28N2O9/c1-3-32-20(6-4-5-7-22(28)26-30)23(15-8-10-18(31-2)17(27)12-15)35-24(29)25-16-9-11-19-21(13-16)34-14-33-19/h5,7-13,20,23,27,30H,3-4,6,14H2,1-2H3,(H,25,29)(H,26,28)/b7-5+/t20-,23-/m1/s1. The van der Waals surface area contributed by atoms with Crippen molar-refractivity contribution >= 4 is 17.7 Å². The minimum Gasteiger partial charge on any atom is -0.504 e. The number of carbonyl (C=O) groups is 2. The number of phenolic OH excluding ortho intramolecular Hbond substituents is 1. The summed E-state index contributed by atoms with van der Waals surface area (Å²) in [7, 11) is 1.43. The van der Waals surface area contributed by atoms with E-state index in [1.54, 1.807) is 43.3 Å². The molecule has 0 aromatic heterocycles. The molecule has 1 aliphatic heterocycles. The van der Waals surface area contributed by atoms with E-state index in [2.05, 4.69) is 5.32 Å². The molecule has 4 N–H and O–H groups in total. The molecular formula is C24H28N2O9. The van der Waals surface area contributed by atoms with Crippen LogP contribution in [0.15, 0.2) is 48.6 Å². The number of allylic oxidation sites excluding steroid dienone is 1. The summed E-state index contributed by atoms with van der Waals surface area (Å²) in [6, 6.07) is 9.62. The predicted octanol–water partition coefficient (Wildman–Crippen LogP) is 3.67. The van der Waals surface area contributed by atoms with E-state index in [1.165, 1.54) is 24.7 Å². The first-order valence-electron chi connectivity index (χ1n) is 10.9. The van der Waals surface area contributed by atoms with Crippen molar-refractivity contribution in [3.63, 3.8) is 0 Å². The molecule has 2 atom stereocenters. The molecule has 188 valence electrons. The number of hydroxylamine groups is 1. The van der Waals surface area contributed by atoms with Gasteiger partial charge >= 0.3 is 6.09 Å². The van der Waals surface area contributed by atoms with Crippen LogP contribution in [0.4, 0.5) is 10.5 Å². The number of amides is 2. The van der Waals surface area contributed by atoms with Crippen molar-refractivity contribution in [2.75, 3.05) is 25.8 Å². The van der Waals surface area contributed by atoms with Gasteiger partial charge < -0.3 is 28.8 Å². The molecule has 2 aromatic carbocycles. The van der Waals surface area contributed by atoms with E-state index in [0.717, 1.165) is 0 Å². The van der Waals surface area contributed by atoms with Crippen molar-refractivity contribution in [2.24, 2.45) is 0 Å². The van der Waals surface area contributed by atoms with Gasteiger partial charge in [-0.3, -0.25) is 15.3 Å². The number of anilines is 1. The third kappa shape index (κ3) is 7.01. The van der Waals surface area contributed by atoms with Crippen molar-refractivity contribution in [3.8, 4) is 23.0 Å². The van der Waals surface area contributed by atoms with E-state index in [-0.39, 0.29) is 18.3 Å². The lowest BCUT2D eigenvalue weighted by Gasteiger charge is -2.27. The summed E-state index contributed by atoms with van der Waals surface area (Å²) in [4.78, 5) is 24.0. The number of nitrogens with one attached hydrogen (secondary N) is 2. The highest BCUT2D eigenvalue weighted by Crippen LogP contribution is 2.36. The van der Waals surface area contributed by atoms with Gasteiger partial charge in [0.25, 0.3) is 5.91 Å². The Hall–Kier alpha value is -3.96. The Morgan fingerprint density at radius 1 is 1.17 bits per heavy atom. The van der Waals surface area contributed by atoms with Crippen LogP contribution in [0.25, 0.3) is 0 Å². The van der Waals surface area contributed by atoms with Gasteiger partial charge in [-0.25, -0.2) is 10.3 Å². The van der Waals surface area contributed by atoms with Crippen molar-refractivity contribution in [3.05, 3.63) is 54.1 Å². The zero-order valence-electron chi connectivity index (χ0n) is 19.4. The Kier molecular flexibility index (Phi) is 9.16. The van der Waals surface area contributed by atoms with Crippen LogP contribution >= 0.6 is 0 Å². The second-order valence-corrected chi connectivity index (χ2v) is 7.40. The summed E-state index contributed by atoms with van der Waals surface area (Å²) in [6.07, 6.45) is 1.25. The maximum atomic E-state index is 12.8. The molecule has 11 heteroatoms. The molecule has 35 heavy (non-hydrogen) atoms. The molecule has 1 aliphatic rings. The number of fused-ring (bicyclic) bond motifs is 1. The lowest BCUT2D eigenvalue weighted by molar-refractivity contribution is -0.124. The summed E-state index contributed by atoms with van der Waals surface area (Å²) < 4.78 is 27.3. The quantitative estimate of drug-likeness (QED) is 0.211. The van der Waals surface area contributed by atoms with Crippen LogP contribution in [0.2, 0.25) is 0 Å². The van der Waals surface area contributed by atoms with E-state index >= 15 is 0 Å². The van der Waals surface area contributed by atoms with E-state index in [1.807, 2.05) is 0 Å². The van der Waals surface area contributed by atoms with Crippen molar-refractivity contribution in [1.82, 2.24) is 5.48 Å². The number of aromatic hydroxyl groups is 1. The van der Waals surface area contributed by atoms with Gasteiger partial charge in [0.1, 0.15) is 0 Å². The largest absolute Gasteiger partial charge is 0.504 e. The number of ether oxygens (including phenoxy) is 5. The molecule has 1 heterocycles. The van der Waals surface area contributed by atoms with Crippen LogP contribution < -0.4 is 25.0 Å². The van der Waals surface area contributed by atoms with Crippen molar-refractivity contribution in [1.29, 1.82) is 0 Å². The Balaban J connectivity index is 1.80. The Labute approximate surface area is 202 Å². The zero-order valence-corrected chi connectivity index (χ0v) is 19.4. The van der Waals surface area contributed by atoms with Crippen LogP contribution in [0.3, 0.4) is 0 Å². The Morgan fingerprint density at radius 3 is 2.69 bits per heavy atom. The van der Waals surface area contributed by atoms with Crippen molar-refractivity contribution in [2.45, 2.75) is 32.0 Å². The number of phenols is 1. The topological polar surface area (TPSA) is 145 Å². The average molecular weight is 488 g/mol. The highest BCUT2D eigenvalue weighted by atomic mass is 16.7. The molecule has 0 aliphatic carbocycles.